The lowest BCUT2D eigenvalue weighted by Gasteiger charge is -2.19. The molecule has 0 radical (unpaired) electrons. The highest BCUT2D eigenvalue weighted by atomic mass is 16.5. The second-order valence-electron chi connectivity index (χ2n) is 6.37. The number of hydrogen-bond donors (Lipinski definition) is 1. The zero-order valence-corrected chi connectivity index (χ0v) is 15.3. The van der Waals surface area contributed by atoms with Crippen molar-refractivity contribution in [3.8, 4) is 0 Å². The molecule has 0 spiro atoms. The Morgan fingerprint density at radius 1 is 0.852 bits per heavy atom. The van der Waals surface area contributed by atoms with Gasteiger partial charge in [-0.05, 0) is 43.2 Å². The predicted molar refractivity (Wildman–Crippen MR) is 106 cm³/mol. The summed E-state index contributed by atoms with van der Waals surface area (Å²) in [4.78, 5) is 25.5. The summed E-state index contributed by atoms with van der Waals surface area (Å²) < 4.78 is 5.58. The highest BCUT2D eigenvalue weighted by molar-refractivity contribution is 5.98. The fourth-order valence-corrected chi connectivity index (χ4v) is 2.72. The number of ether oxygens (including phenoxy) is 1. The molecule has 0 saturated heterocycles. The van der Waals surface area contributed by atoms with Gasteiger partial charge in [0.25, 0.3) is 5.91 Å². The standard InChI is InChI=1S/C23H21NO3/c1-16-13-14-17(2)20(15-16)24-22(25)21(18-9-5-3-6-10-18)27-23(26)19-11-7-4-8-12-19/h3-15,21H,1-2H3,(H,24,25). The number of carbonyl (C=O) groups is 2. The molecule has 0 aliphatic heterocycles. The molecule has 1 unspecified atom stereocenters. The van der Waals surface area contributed by atoms with Gasteiger partial charge in [-0.25, -0.2) is 4.79 Å². The minimum Gasteiger partial charge on any atom is -0.444 e. The van der Waals surface area contributed by atoms with Crippen LogP contribution in [0, 0.1) is 13.8 Å². The van der Waals surface area contributed by atoms with Crippen LogP contribution in [0.25, 0.3) is 0 Å². The molecule has 1 atom stereocenters. The first kappa shape index (κ1) is 18.4. The summed E-state index contributed by atoms with van der Waals surface area (Å²) in [5.41, 5.74) is 3.70. The summed E-state index contributed by atoms with van der Waals surface area (Å²) >= 11 is 0. The van der Waals surface area contributed by atoms with Gasteiger partial charge in [0.15, 0.2) is 0 Å². The van der Waals surface area contributed by atoms with Gasteiger partial charge in [0.05, 0.1) is 5.56 Å². The normalized spacial score (nSPS) is 11.5. The molecule has 0 saturated carbocycles. The van der Waals surface area contributed by atoms with E-state index >= 15 is 0 Å². The van der Waals surface area contributed by atoms with Gasteiger partial charge in [0.2, 0.25) is 6.10 Å². The van der Waals surface area contributed by atoms with Crippen LogP contribution in [0.1, 0.15) is 33.2 Å². The quantitative estimate of drug-likeness (QED) is 0.663. The van der Waals surface area contributed by atoms with Crippen molar-refractivity contribution >= 4 is 17.6 Å². The van der Waals surface area contributed by atoms with E-state index in [4.69, 9.17) is 4.74 Å². The van der Waals surface area contributed by atoms with Gasteiger partial charge in [0.1, 0.15) is 0 Å². The minimum atomic E-state index is -1.04. The summed E-state index contributed by atoms with van der Waals surface area (Å²) in [6.45, 7) is 3.88. The fraction of sp³-hybridized carbons (Fsp3) is 0.130. The largest absolute Gasteiger partial charge is 0.444 e. The Kier molecular flexibility index (Phi) is 5.67. The smallest absolute Gasteiger partial charge is 0.339 e. The highest BCUT2D eigenvalue weighted by Gasteiger charge is 2.26. The number of aryl methyl sites for hydroxylation is 2. The minimum absolute atomic E-state index is 0.390. The van der Waals surface area contributed by atoms with E-state index < -0.39 is 12.1 Å². The van der Waals surface area contributed by atoms with E-state index in [2.05, 4.69) is 5.32 Å². The van der Waals surface area contributed by atoms with Crippen molar-refractivity contribution in [1.82, 2.24) is 0 Å². The van der Waals surface area contributed by atoms with Crippen molar-refractivity contribution in [2.75, 3.05) is 5.32 Å². The Balaban J connectivity index is 1.87. The van der Waals surface area contributed by atoms with Crippen LogP contribution < -0.4 is 5.32 Å². The predicted octanol–water partition coefficient (Wildman–Crippen LogP) is 4.84. The number of nitrogens with one attached hydrogen (secondary N) is 1. The number of hydrogen-bond acceptors (Lipinski definition) is 3. The van der Waals surface area contributed by atoms with Gasteiger partial charge in [-0.2, -0.15) is 0 Å². The number of carbonyl (C=O) groups excluding carboxylic acids is 2. The summed E-state index contributed by atoms with van der Waals surface area (Å²) in [7, 11) is 0. The number of benzene rings is 3. The molecule has 0 heterocycles. The van der Waals surface area contributed by atoms with Crippen LogP contribution in [0.2, 0.25) is 0 Å². The monoisotopic (exact) mass is 359 g/mol. The molecular formula is C23H21NO3. The number of esters is 1. The van der Waals surface area contributed by atoms with Crippen molar-refractivity contribution in [3.63, 3.8) is 0 Å². The second-order valence-corrected chi connectivity index (χ2v) is 6.37. The van der Waals surface area contributed by atoms with E-state index in [0.29, 0.717) is 16.8 Å². The van der Waals surface area contributed by atoms with E-state index in [1.54, 1.807) is 36.4 Å². The average molecular weight is 359 g/mol. The van der Waals surface area contributed by atoms with E-state index in [9.17, 15) is 9.59 Å². The number of amides is 1. The van der Waals surface area contributed by atoms with Crippen LogP contribution in [0.15, 0.2) is 78.9 Å². The molecular weight excluding hydrogens is 338 g/mol. The van der Waals surface area contributed by atoms with E-state index in [1.807, 2.05) is 56.3 Å². The van der Waals surface area contributed by atoms with Gasteiger partial charge >= 0.3 is 5.97 Å². The molecule has 4 nitrogen and oxygen atoms in total. The van der Waals surface area contributed by atoms with Crippen molar-refractivity contribution in [1.29, 1.82) is 0 Å². The Morgan fingerprint density at radius 2 is 1.48 bits per heavy atom. The maximum Gasteiger partial charge on any atom is 0.339 e. The lowest BCUT2D eigenvalue weighted by molar-refractivity contribution is -0.125. The Hall–Kier alpha value is -3.40. The maximum atomic E-state index is 13.0. The van der Waals surface area contributed by atoms with Crippen LogP contribution in [0.5, 0.6) is 0 Å². The zero-order chi connectivity index (χ0) is 19.2. The molecule has 27 heavy (non-hydrogen) atoms. The zero-order valence-electron chi connectivity index (χ0n) is 15.3. The van der Waals surface area contributed by atoms with E-state index in [0.717, 1.165) is 11.1 Å². The number of anilines is 1. The summed E-state index contributed by atoms with van der Waals surface area (Å²) in [6.07, 6.45) is -1.04. The fourth-order valence-electron chi connectivity index (χ4n) is 2.72. The molecule has 0 bridgehead atoms. The molecule has 0 aliphatic rings. The third-order valence-electron chi connectivity index (χ3n) is 4.23. The molecule has 4 heteroatoms. The van der Waals surface area contributed by atoms with Gasteiger partial charge < -0.3 is 10.1 Å². The van der Waals surface area contributed by atoms with E-state index in [1.165, 1.54) is 0 Å². The summed E-state index contributed by atoms with van der Waals surface area (Å²) in [5, 5.41) is 2.89. The molecule has 0 aliphatic carbocycles. The van der Waals surface area contributed by atoms with Gasteiger partial charge in [-0.15, -0.1) is 0 Å². The number of rotatable bonds is 5. The van der Waals surface area contributed by atoms with Crippen molar-refractivity contribution in [2.24, 2.45) is 0 Å². The van der Waals surface area contributed by atoms with Gasteiger partial charge in [-0.1, -0.05) is 60.7 Å². The first-order valence-electron chi connectivity index (χ1n) is 8.73. The van der Waals surface area contributed by atoms with Gasteiger partial charge in [-0.3, -0.25) is 4.79 Å². The van der Waals surface area contributed by atoms with Crippen LogP contribution in [-0.4, -0.2) is 11.9 Å². The summed E-state index contributed by atoms with van der Waals surface area (Å²) in [6, 6.07) is 23.5. The maximum absolute atomic E-state index is 13.0. The van der Waals surface area contributed by atoms with Crippen LogP contribution in [0.3, 0.4) is 0 Å². The second kappa shape index (κ2) is 8.32. The Labute approximate surface area is 158 Å². The lowest BCUT2D eigenvalue weighted by Crippen LogP contribution is -2.26. The molecule has 0 fully saturated rings. The molecule has 136 valence electrons. The van der Waals surface area contributed by atoms with Crippen LogP contribution in [0.4, 0.5) is 5.69 Å². The third kappa shape index (κ3) is 4.61. The Morgan fingerprint density at radius 3 is 2.15 bits per heavy atom. The highest BCUT2D eigenvalue weighted by Crippen LogP contribution is 2.23. The first-order chi connectivity index (χ1) is 13.0. The van der Waals surface area contributed by atoms with Crippen LogP contribution in [-0.2, 0) is 9.53 Å². The van der Waals surface area contributed by atoms with Crippen molar-refractivity contribution < 1.29 is 14.3 Å². The molecule has 0 aromatic heterocycles. The molecule has 3 aromatic carbocycles. The first-order valence-corrected chi connectivity index (χ1v) is 8.73. The Bertz CT molecular complexity index is 936. The van der Waals surface area contributed by atoms with Crippen LogP contribution >= 0.6 is 0 Å². The molecule has 3 rings (SSSR count). The average Bonchev–Trinajstić information content (AvgIpc) is 2.70. The van der Waals surface area contributed by atoms with Crippen molar-refractivity contribution in [2.45, 2.75) is 20.0 Å². The third-order valence-corrected chi connectivity index (χ3v) is 4.23. The SMILES string of the molecule is Cc1ccc(C)c(NC(=O)C(OC(=O)c2ccccc2)c2ccccc2)c1. The molecule has 1 N–H and O–H groups in total. The molecule has 1 amide bonds. The van der Waals surface area contributed by atoms with E-state index in [-0.39, 0.29) is 5.91 Å². The van der Waals surface area contributed by atoms with Crippen molar-refractivity contribution in [3.05, 3.63) is 101 Å². The molecule has 3 aromatic rings. The topological polar surface area (TPSA) is 55.4 Å². The van der Waals surface area contributed by atoms with Gasteiger partial charge in [0, 0.05) is 11.3 Å². The lowest BCUT2D eigenvalue weighted by atomic mass is 10.1. The summed E-state index contributed by atoms with van der Waals surface area (Å²) in [5.74, 6) is -0.931.